The molecular weight excluding hydrogens is 204 g/mol. The van der Waals surface area contributed by atoms with Crippen LogP contribution in [0.3, 0.4) is 0 Å². The number of nitrogens with two attached hydrogens (primary N) is 1. The molecule has 1 saturated heterocycles. The molecule has 1 aromatic rings. The Morgan fingerprint density at radius 2 is 2.25 bits per heavy atom. The van der Waals surface area contributed by atoms with E-state index in [-0.39, 0.29) is 12.0 Å². The molecule has 1 amide bonds. The first kappa shape index (κ1) is 11.0. The van der Waals surface area contributed by atoms with E-state index in [0.717, 1.165) is 11.3 Å². The lowest BCUT2D eigenvalue weighted by Gasteiger charge is -2.32. The number of hydrogen-bond acceptors (Lipinski definition) is 3. The number of para-hydroxylation sites is 1. The summed E-state index contributed by atoms with van der Waals surface area (Å²) in [6.45, 7) is 3.59. The molecule has 1 heterocycles. The van der Waals surface area contributed by atoms with Crippen molar-refractivity contribution in [2.45, 2.75) is 6.92 Å². The Labute approximate surface area is 95.0 Å². The fourth-order valence-electron chi connectivity index (χ4n) is 1.86. The van der Waals surface area contributed by atoms with Crippen LogP contribution in [0.2, 0.25) is 0 Å². The average molecular weight is 220 g/mol. The molecule has 0 aliphatic carbocycles. The van der Waals surface area contributed by atoms with Crippen LogP contribution in [0.5, 0.6) is 0 Å². The van der Waals surface area contributed by atoms with Gasteiger partial charge >= 0.3 is 6.09 Å². The van der Waals surface area contributed by atoms with E-state index in [0.29, 0.717) is 19.7 Å². The zero-order valence-electron chi connectivity index (χ0n) is 9.35. The maximum absolute atomic E-state index is 11.7. The first-order valence-corrected chi connectivity index (χ1v) is 5.42. The van der Waals surface area contributed by atoms with Crippen LogP contribution in [0.1, 0.15) is 5.56 Å². The van der Waals surface area contributed by atoms with Gasteiger partial charge in [-0.3, -0.25) is 4.90 Å². The van der Waals surface area contributed by atoms with Crippen molar-refractivity contribution in [3.8, 4) is 0 Å². The minimum atomic E-state index is -0.279. The SMILES string of the molecule is Cc1ccccc1N1CC(CN)COC1=O. The fraction of sp³-hybridized carbons (Fsp3) is 0.417. The largest absolute Gasteiger partial charge is 0.449 e. The number of amides is 1. The van der Waals surface area contributed by atoms with Crippen molar-refractivity contribution in [2.75, 3.05) is 24.6 Å². The highest BCUT2D eigenvalue weighted by molar-refractivity contribution is 5.89. The monoisotopic (exact) mass is 220 g/mol. The normalized spacial score (nSPS) is 20.8. The van der Waals surface area contributed by atoms with Gasteiger partial charge in [0.15, 0.2) is 0 Å². The Morgan fingerprint density at radius 1 is 1.50 bits per heavy atom. The molecule has 16 heavy (non-hydrogen) atoms. The molecule has 1 aromatic carbocycles. The molecule has 1 fully saturated rings. The molecular formula is C12H16N2O2. The van der Waals surface area contributed by atoms with Gasteiger partial charge in [0, 0.05) is 24.7 Å². The van der Waals surface area contributed by atoms with E-state index in [1.54, 1.807) is 4.90 Å². The molecule has 0 radical (unpaired) electrons. The van der Waals surface area contributed by atoms with Crippen molar-refractivity contribution >= 4 is 11.8 Å². The average Bonchev–Trinajstić information content (AvgIpc) is 2.31. The maximum Gasteiger partial charge on any atom is 0.414 e. The summed E-state index contributed by atoms with van der Waals surface area (Å²) in [5.74, 6) is 0.220. The summed E-state index contributed by atoms with van der Waals surface area (Å²) in [4.78, 5) is 13.3. The van der Waals surface area contributed by atoms with Crippen LogP contribution >= 0.6 is 0 Å². The van der Waals surface area contributed by atoms with Gasteiger partial charge in [-0.15, -0.1) is 0 Å². The van der Waals surface area contributed by atoms with Gasteiger partial charge in [-0.1, -0.05) is 18.2 Å². The Kier molecular flexibility index (Phi) is 3.10. The zero-order valence-corrected chi connectivity index (χ0v) is 9.35. The van der Waals surface area contributed by atoms with Gasteiger partial charge < -0.3 is 10.5 Å². The van der Waals surface area contributed by atoms with Crippen LogP contribution in [-0.4, -0.2) is 25.8 Å². The number of carbonyl (C=O) groups is 1. The Bertz CT molecular complexity index is 392. The molecule has 1 unspecified atom stereocenters. The van der Waals surface area contributed by atoms with Crippen LogP contribution in [-0.2, 0) is 4.74 Å². The Morgan fingerprint density at radius 3 is 2.94 bits per heavy atom. The van der Waals surface area contributed by atoms with E-state index in [9.17, 15) is 4.79 Å². The third kappa shape index (κ3) is 2.02. The van der Waals surface area contributed by atoms with Gasteiger partial charge in [0.05, 0.1) is 6.61 Å². The number of nitrogens with zero attached hydrogens (tertiary/aromatic N) is 1. The van der Waals surface area contributed by atoms with Gasteiger partial charge in [0.2, 0.25) is 0 Å². The molecule has 4 heteroatoms. The number of ether oxygens (including phenoxy) is 1. The van der Waals surface area contributed by atoms with E-state index < -0.39 is 0 Å². The second-order valence-corrected chi connectivity index (χ2v) is 4.08. The number of cyclic esters (lactones) is 1. The lowest BCUT2D eigenvalue weighted by atomic mass is 10.1. The molecule has 0 spiro atoms. The molecule has 4 nitrogen and oxygen atoms in total. The zero-order chi connectivity index (χ0) is 11.5. The Balaban J connectivity index is 2.25. The summed E-state index contributed by atoms with van der Waals surface area (Å²) in [6, 6.07) is 7.78. The maximum atomic E-state index is 11.7. The molecule has 0 bridgehead atoms. The molecule has 2 N–H and O–H groups in total. The summed E-state index contributed by atoms with van der Waals surface area (Å²) >= 11 is 0. The number of aryl methyl sites for hydroxylation is 1. The van der Waals surface area contributed by atoms with E-state index in [4.69, 9.17) is 10.5 Å². The van der Waals surface area contributed by atoms with Gasteiger partial charge in [0.1, 0.15) is 0 Å². The summed E-state index contributed by atoms with van der Waals surface area (Å²) in [5, 5.41) is 0. The van der Waals surface area contributed by atoms with Crippen molar-refractivity contribution in [2.24, 2.45) is 11.7 Å². The fourth-order valence-corrected chi connectivity index (χ4v) is 1.86. The number of hydrogen-bond donors (Lipinski definition) is 1. The minimum absolute atomic E-state index is 0.220. The first-order valence-electron chi connectivity index (χ1n) is 5.42. The molecule has 86 valence electrons. The summed E-state index contributed by atoms with van der Waals surface area (Å²) < 4.78 is 5.11. The number of rotatable bonds is 2. The molecule has 0 aromatic heterocycles. The second kappa shape index (κ2) is 4.53. The standard InChI is InChI=1S/C12H16N2O2/c1-9-4-2-3-5-11(9)14-7-10(6-13)8-16-12(14)15/h2-5,10H,6-8,13H2,1H3. The third-order valence-corrected chi connectivity index (χ3v) is 2.84. The highest BCUT2D eigenvalue weighted by atomic mass is 16.6. The molecule has 2 rings (SSSR count). The number of carbonyl (C=O) groups excluding carboxylic acids is 1. The van der Waals surface area contributed by atoms with Gasteiger partial charge in [-0.2, -0.15) is 0 Å². The predicted octanol–water partition coefficient (Wildman–Crippen LogP) is 1.53. The lowest BCUT2D eigenvalue weighted by Crippen LogP contribution is -2.45. The quantitative estimate of drug-likeness (QED) is 0.822. The lowest BCUT2D eigenvalue weighted by molar-refractivity contribution is 0.117. The minimum Gasteiger partial charge on any atom is -0.449 e. The van der Waals surface area contributed by atoms with Crippen molar-refractivity contribution in [3.05, 3.63) is 29.8 Å². The van der Waals surface area contributed by atoms with E-state index in [1.807, 2.05) is 31.2 Å². The van der Waals surface area contributed by atoms with Gasteiger partial charge in [-0.05, 0) is 18.6 Å². The molecule has 1 aliphatic rings. The van der Waals surface area contributed by atoms with Crippen LogP contribution in [0.4, 0.5) is 10.5 Å². The topological polar surface area (TPSA) is 55.6 Å². The van der Waals surface area contributed by atoms with Crippen LogP contribution in [0.15, 0.2) is 24.3 Å². The van der Waals surface area contributed by atoms with Gasteiger partial charge in [-0.25, -0.2) is 4.79 Å². The van der Waals surface area contributed by atoms with Crippen LogP contribution < -0.4 is 10.6 Å². The van der Waals surface area contributed by atoms with Crippen LogP contribution in [0, 0.1) is 12.8 Å². The van der Waals surface area contributed by atoms with E-state index in [1.165, 1.54) is 0 Å². The highest BCUT2D eigenvalue weighted by Crippen LogP contribution is 2.23. The van der Waals surface area contributed by atoms with Crippen LogP contribution in [0.25, 0.3) is 0 Å². The molecule has 0 saturated carbocycles. The first-order chi connectivity index (χ1) is 7.72. The van der Waals surface area contributed by atoms with E-state index in [2.05, 4.69) is 0 Å². The molecule has 1 aliphatic heterocycles. The van der Waals surface area contributed by atoms with Crippen molar-refractivity contribution in [1.29, 1.82) is 0 Å². The van der Waals surface area contributed by atoms with E-state index >= 15 is 0 Å². The third-order valence-electron chi connectivity index (χ3n) is 2.84. The molecule has 1 atom stereocenters. The van der Waals surface area contributed by atoms with Crippen molar-refractivity contribution < 1.29 is 9.53 Å². The van der Waals surface area contributed by atoms with Crippen molar-refractivity contribution in [1.82, 2.24) is 0 Å². The highest BCUT2D eigenvalue weighted by Gasteiger charge is 2.28. The summed E-state index contributed by atoms with van der Waals surface area (Å²) in [6.07, 6.45) is -0.279. The second-order valence-electron chi connectivity index (χ2n) is 4.08. The summed E-state index contributed by atoms with van der Waals surface area (Å²) in [7, 11) is 0. The van der Waals surface area contributed by atoms with Gasteiger partial charge in [0.25, 0.3) is 0 Å². The predicted molar refractivity (Wildman–Crippen MR) is 62.4 cm³/mol. The van der Waals surface area contributed by atoms with Crippen molar-refractivity contribution in [3.63, 3.8) is 0 Å². The Hall–Kier alpha value is -1.55. The number of anilines is 1. The number of benzene rings is 1. The smallest absolute Gasteiger partial charge is 0.414 e. The summed E-state index contributed by atoms with van der Waals surface area (Å²) in [5.41, 5.74) is 7.58.